The molecule has 4 nitrogen and oxygen atoms in total. The highest BCUT2D eigenvalue weighted by molar-refractivity contribution is 5.89. The molecule has 2 N–H and O–H groups in total. The van der Waals surface area contributed by atoms with Gasteiger partial charge in [0, 0.05) is 18.8 Å². The number of benzene rings is 1. The lowest BCUT2D eigenvalue weighted by atomic mass is 10.0. The predicted octanol–water partition coefficient (Wildman–Crippen LogP) is 4.44. The molecule has 2 rings (SSSR count). The van der Waals surface area contributed by atoms with Gasteiger partial charge in [0.2, 0.25) is 0 Å². The summed E-state index contributed by atoms with van der Waals surface area (Å²) in [6, 6.07) is 7.96. The smallest absolute Gasteiger partial charge is 0.319 e. The molecule has 1 unspecified atom stereocenters. The molecule has 1 heterocycles. The van der Waals surface area contributed by atoms with Crippen molar-refractivity contribution in [1.82, 2.24) is 10.2 Å². The fraction of sp³-hybridized carbons (Fsp3) is 0.650. The van der Waals surface area contributed by atoms with Crippen LogP contribution in [0.4, 0.5) is 10.5 Å². The van der Waals surface area contributed by atoms with Crippen molar-refractivity contribution in [2.45, 2.75) is 52.4 Å². The van der Waals surface area contributed by atoms with Gasteiger partial charge in [0.1, 0.15) is 0 Å². The maximum atomic E-state index is 11.9. The predicted molar refractivity (Wildman–Crippen MR) is 102 cm³/mol. The van der Waals surface area contributed by atoms with E-state index in [1.807, 2.05) is 12.1 Å². The first-order valence-electron chi connectivity index (χ1n) is 9.41. The first-order valence-corrected chi connectivity index (χ1v) is 9.41. The van der Waals surface area contributed by atoms with Gasteiger partial charge in [-0.1, -0.05) is 32.9 Å². The molecule has 0 aliphatic carbocycles. The third-order valence-electron chi connectivity index (χ3n) is 4.76. The van der Waals surface area contributed by atoms with E-state index in [-0.39, 0.29) is 6.03 Å². The number of carbonyl (C=O) groups is 1. The van der Waals surface area contributed by atoms with Gasteiger partial charge in [-0.2, -0.15) is 0 Å². The van der Waals surface area contributed by atoms with Crippen molar-refractivity contribution in [1.29, 1.82) is 0 Å². The van der Waals surface area contributed by atoms with Crippen molar-refractivity contribution in [3.8, 4) is 0 Å². The van der Waals surface area contributed by atoms with Crippen molar-refractivity contribution in [3.05, 3.63) is 29.8 Å². The van der Waals surface area contributed by atoms with Gasteiger partial charge in [-0.15, -0.1) is 0 Å². The van der Waals surface area contributed by atoms with E-state index >= 15 is 0 Å². The minimum atomic E-state index is -0.112. The number of amides is 2. The molecule has 1 atom stereocenters. The van der Waals surface area contributed by atoms with E-state index < -0.39 is 0 Å². The Morgan fingerprint density at radius 3 is 2.67 bits per heavy atom. The van der Waals surface area contributed by atoms with E-state index in [2.05, 4.69) is 48.4 Å². The summed E-state index contributed by atoms with van der Waals surface area (Å²) in [5.41, 5.74) is 2.13. The topological polar surface area (TPSA) is 44.4 Å². The third-order valence-corrected chi connectivity index (χ3v) is 4.76. The molecule has 0 aromatic heterocycles. The van der Waals surface area contributed by atoms with Crippen molar-refractivity contribution in [2.24, 2.45) is 5.92 Å². The van der Waals surface area contributed by atoms with Gasteiger partial charge < -0.3 is 15.5 Å². The van der Waals surface area contributed by atoms with E-state index in [0.717, 1.165) is 37.5 Å². The summed E-state index contributed by atoms with van der Waals surface area (Å²) in [6.07, 6.45) is 4.88. The van der Waals surface area contributed by atoms with Gasteiger partial charge >= 0.3 is 6.03 Å². The van der Waals surface area contributed by atoms with Gasteiger partial charge in [0.25, 0.3) is 0 Å². The number of hydrogen-bond donors (Lipinski definition) is 2. The second-order valence-electron chi connectivity index (χ2n) is 7.41. The van der Waals surface area contributed by atoms with Crippen LogP contribution >= 0.6 is 0 Å². The van der Waals surface area contributed by atoms with Crippen LogP contribution in [-0.2, 0) is 0 Å². The second-order valence-corrected chi connectivity index (χ2v) is 7.41. The first-order chi connectivity index (χ1) is 11.5. The molecular weight excluding hydrogens is 298 g/mol. The van der Waals surface area contributed by atoms with Crippen molar-refractivity contribution in [2.75, 3.05) is 31.5 Å². The molecule has 1 aromatic rings. The number of likely N-dealkylation sites (tertiary alicyclic amines) is 1. The fourth-order valence-corrected chi connectivity index (χ4v) is 3.28. The molecule has 1 aliphatic rings. The Balaban J connectivity index is 1.58. The number of unbranched alkanes of at least 4 members (excludes halogenated alkanes) is 1. The maximum Gasteiger partial charge on any atom is 0.319 e. The highest BCUT2D eigenvalue weighted by atomic mass is 16.2. The van der Waals surface area contributed by atoms with Crippen molar-refractivity contribution >= 4 is 11.7 Å². The number of urea groups is 1. The Kier molecular flexibility index (Phi) is 7.57. The zero-order chi connectivity index (χ0) is 17.4. The molecule has 2 amide bonds. The number of rotatable bonds is 7. The molecule has 0 radical (unpaired) electrons. The standard InChI is InChI=1S/C20H33N3O/c1-16(2)18-8-10-19(11-9-18)22-20(24)21-12-4-5-13-23-14-6-7-17(3)15-23/h8-11,16-17H,4-7,12-15H2,1-3H3,(H2,21,22,24). The molecule has 134 valence electrons. The number of hydrogen-bond acceptors (Lipinski definition) is 2. The maximum absolute atomic E-state index is 11.9. The Labute approximate surface area is 147 Å². The van der Waals surface area contributed by atoms with Gasteiger partial charge in [0.05, 0.1) is 0 Å². The van der Waals surface area contributed by atoms with Gasteiger partial charge in [-0.3, -0.25) is 0 Å². The minimum absolute atomic E-state index is 0.112. The molecule has 1 saturated heterocycles. The summed E-state index contributed by atoms with van der Waals surface area (Å²) < 4.78 is 0. The number of carbonyl (C=O) groups excluding carboxylic acids is 1. The second kappa shape index (κ2) is 9.67. The minimum Gasteiger partial charge on any atom is -0.338 e. The summed E-state index contributed by atoms with van der Waals surface area (Å²) in [5, 5.41) is 5.84. The van der Waals surface area contributed by atoms with Gasteiger partial charge in [0.15, 0.2) is 0 Å². The van der Waals surface area contributed by atoms with Crippen LogP contribution in [-0.4, -0.2) is 37.1 Å². The molecular formula is C20H33N3O. The van der Waals surface area contributed by atoms with Crippen LogP contribution in [0.3, 0.4) is 0 Å². The number of piperidine rings is 1. The molecule has 24 heavy (non-hydrogen) atoms. The third kappa shape index (κ3) is 6.52. The lowest BCUT2D eigenvalue weighted by Crippen LogP contribution is -2.35. The quantitative estimate of drug-likeness (QED) is 0.725. The molecule has 1 aromatic carbocycles. The van der Waals surface area contributed by atoms with E-state index in [0.29, 0.717) is 5.92 Å². The molecule has 4 heteroatoms. The summed E-state index contributed by atoms with van der Waals surface area (Å²) >= 11 is 0. The number of nitrogens with zero attached hydrogens (tertiary/aromatic N) is 1. The van der Waals surface area contributed by atoms with Crippen LogP contribution < -0.4 is 10.6 Å². The molecule has 1 fully saturated rings. The summed E-state index contributed by atoms with van der Waals surface area (Å²) in [7, 11) is 0. The summed E-state index contributed by atoms with van der Waals surface area (Å²) in [4.78, 5) is 14.5. The molecule has 0 spiro atoms. The van der Waals surface area contributed by atoms with Crippen LogP contribution in [0.25, 0.3) is 0 Å². The molecule has 1 aliphatic heterocycles. The van der Waals surface area contributed by atoms with Crippen LogP contribution in [0.1, 0.15) is 57.9 Å². The zero-order valence-corrected chi connectivity index (χ0v) is 15.5. The molecule has 0 saturated carbocycles. The van der Waals surface area contributed by atoms with Gasteiger partial charge in [-0.05, 0) is 68.3 Å². The summed E-state index contributed by atoms with van der Waals surface area (Å²) in [6.45, 7) is 11.0. The van der Waals surface area contributed by atoms with E-state index in [4.69, 9.17) is 0 Å². The van der Waals surface area contributed by atoms with Crippen LogP contribution in [0.15, 0.2) is 24.3 Å². The van der Waals surface area contributed by atoms with Crippen LogP contribution in [0.5, 0.6) is 0 Å². The highest BCUT2D eigenvalue weighted by Crippen LogP contribution is 2.17. The Bertz CT molecular complexity index is 498. The van der Waals surface area contributed by atoms with Crippen molar-refractivity contribution in [3.63, 3.8) is 0 Å². The largest absolute Gasteiger partial charge is 0.338 e. The summed E-state index contributed by atoms with van der Waals surface area (Å²) in [5.74, 6) is 1.35. The lowest BCUT2D eigenvalue weighted by Gasteiger charge is -2.30. The normalized spacial score (nSPS) is 18.6. The van der Waals surface area contributed by atoms with Crippen LogP contribution in [0.2, 0.25) is 0 Å². The van der Waals surface area contributed by atoms with Gasteiger partial charge in [-0.25, -0.2) is 4.79 Å². The van der Waals surface area contributed by atoms with Crippen LogP contribution in [0, 0.1) is 5.92 Å². The van der Waals surface area contributed by atoms with E-state index in [1.165, 1.54) is 31.5 Å². The number of anilines is 1. The lowest BCUT2D eigenvalue weighted by molar-refractivity contribution is 0.181. The highest BCUT2D eigenvalue weighted by Gasteiger charge is 2.15. The fourth-order valence-electron chi connectivity index (χ4n) is 3.28. The molecule has 0 bridgehead atoms. The zero-order valence-electron chi connectivity index (χ0n) is 15.5. The van der Waals surface area contributed by atoms with Crippen molar-refractivity contribution < 1.29 is 4.79 Å². The average molecular weight is 332 g/mol. The monoisotopic (exact) mass is 331 g/mol. The average Bonchev–Trinajstić information content (AvgIpc) is 2.55. The van der Waals surface area contributed by atoms with E-state index in [9.17, 15) is 4.79 Å². The Hall–Kier alpha value is -1.55. The SMILES string of the molecule is CC1CCCN(CCCCNC(=O)Nc2ccc(C(C)C)cc2)C1. The Morgan fingerprint density at radius 2 is 2.00 bits per heavy atom. The first kappa shape index (κ1) is 18.8. The van der Waals surface area contributed by atoms with E-state index in [1.54, 1.807) is 0 Å². The number of nitrogens with one attached hydrogen (secondary N) is 2. The Morgan fingerprint density at radius 1 is 1.25 bits per heavy atom.